The zero-order valence-corrected chi connectivity index (χ0v) is 13.7. The molecule has 0 bridgehead atoms. The van der Waals surface area contributed by atoms with Gasteiger partial charge in [0.15, 0.2) is 0 Å². The van der Waals surface area contributed by atoms with Crippen LogP contribution < -0.4 is 10.2 Å². The highest BCUT2D eigenvalue weighted by Gasteiger charge is 2.22. The van der Waals surface area contributed by atoms with Crippen molar-refractivity contribution in [1.82, 2.24) is 15.5 Å². The summed E-state index contributed by atoms with van der Waals surface area (Å²) in [5.41, 5.74) is 1.44. The van der Waals surface area contributed by atoms with Crippen molar-refractivity contribution in [3.63, 3.8) is 0 Å². The molecule has 0 radical (unpaired) electrons. The van der Waals surface area contributed by atoms with Gasteiger partial charge < -0.3 is 14.6 Å². The van der Waals surface area contributed by atoms with Gasteiger partial charge in [0.25, 0.3) is 0 Å². The molecule has 5 nitrogen and oxygen atoms in total. The first-order valence-electron chi connectivity index (χ1n) is 7.61. The number of nitrogens with one attached hydrogen (secondary N) is 1. The molecule has 120 valence electrons. The minimum absolute atomic E-state index is 0. The van der Waals surface area contributed by atoms with Gasteiger partial charge in [-0.1, -0.05) is 35.4 Å². The summed E-state index contributed by atoms with van der Waals surface area (Å²) in [6.07, 6.45) is 3.53. The van der Waals surface area contributed by atoms with Crippen molar-refractivity contribution in [3.8, 4) is 0 Å². The quantitative estimate of drug-likeness (QED) is 0.917. The van der Waals surface area contributed by atoms with Crippen LogP contribution in [0.3, 0.4) is 0 Å². The third kappa shape index (κ3) is 4.21. The van der Waals surface area contributed by atoms with E-state index in [9.17, 15) is 0 Å². The van der Waals surface area contributed by atoms with Crippen LogP contribution in [0.15, 0.2) is 34.7 Å². The van der Waals surface area contributed by atoms with Crippen molar-refractivity contribution >= 4 is 18.4 Å². The molecule has 1 aliphatic rings. The van der Waals surface area contributed by atoms with Crippen LogP contribution in [0.2, 0.25) is 0 Å². The predicted octanol–water partition coefficient (Wildman–Crippen LogP) is 2.67. The number of anilines is 1. The van der Waals surface area contributed by atoms with Gasteiger partial charge >= 0.3 is 6.01 Å². The Morgan fingerprint density at radius 3 is 2.59 bits per heavy atom. The molecule has 1 N–H and O–H groups in total. The molecule has 1 aliphatic heterocycles. The summed E-state index contributed by atoms with van der Waals surface area (Å²) in [7, 11) is 1.87. The normalized spacial score (nSPS) is 15.6. The van der Waals surface area contributed by atoms with Crippen LogP contribution in [0.25, 0.3) is 0 Å². The van der Waals surface area contributed by atoms with Crippen LogP contribution in [0.4, 0.5) is 6.01 Å². The van der Waals surface area contributed by atoms with E-state index in [-0.39, 0.29) is 12.4 Å². The highest BCUT2D eigenvalue weighted by atomic mass is 35.5. The van der Waals surface area contributed by atoms with E-state index in [0.717, 1.165) is 19.0 Å². The first kappa shape index (κ1) is 16.8. The molecule has 1 aromatic carbocycles. The predicted molar refractivity (Wildman–Crippen MR) is 89.4 cm³/mol. The summed E-state index contributed by atoms with van der Waals surface area (Å²) in [6, 6.07) is 11.4. The lowest BCUT2D eigenvalue weighted by Crippen LogP contribution is -2.34. The molecule has 0 saturated carbocycles. The summed E-state index contributed by atoms with van der Waals surface area (Å²) in [5.74, 6) is 1.40. The number of hydrogen-bond acceptors (Lipinski definition) is 5. The van der Waals surface area contributed by atoms with Crippen LogP contribution >= 0.6 is 12.4 Å². The van der Waals surface area contributed by atoms with Gasteiger partial charge in [-0.15, -0.1) is 17.5 Å². The number of hydrogen-bond donors (Lipinski definition) is 1. The van der Waals surface area contributed by atoms with E-state index in [1.807, 2.05) is 7.05 Å². The highest BCUT2D eigenvalue weighted by Crippen LogP contribution is 2.24. The standard InChI is InChI=1S/C16H22N4O.ClH/c1-17-12-15-18-19-16(21-15)20-9-7-14(8-10-20)11-13-5-3-2-4-6-13;/h2-6,14,17H,7-12H2,1H3;1H. The van der Waals surface area contributed by atoms with Crippen LogP contribution in [-0.2, 0) is 13.0 Å². The lowest BCUT2D eigenvalue weighted by molar-refractivity contribution is 0.380. The summed E-state index contributed by atoms with van der Waals surface area (Å²) >= 11 is 0. The van der Waals surface area contributed by atoms with E-state index >= 15 is 0 Å². The van der Waals surface area contributed by atoms with Gasteiger partial charge in [-0.2, -0.15) is 0 Å². The zero-order chi connectivity index (χ0) is 14.5. The first-order chi connectivity index (χ1) is 10.3. The number of rotatable bonds is 5. The first-order valence-corrected chi connectivity index (χ1v) is 7.61. The fourth-order valence-corrected chi connectivity index (χ4v) is 2.87. The van der Waals surface area contributed by atoms with Gasteiger partial charge in [-0.25, -0.2) is 0 Å². The number of benzene rings is 1. The minimum atomic E-state index is 0. The lowest BCUT2D eigenvalue weighted by Gasteiger charge is -2.30. The van der Waals surface area contributed by atoms with E-state index in [0.29, 0.717) is 18.5 Å². The Kier molecular flexibility index (Phi) is 6.21. The second kappa shape index (κ2) is 8.15. The molecule has 0 spiro atoms. The van der Waals surface area contributed by atoms with E-state index in [2.05, 4.69) is 50.7 Å². The van der Waals surface area contributed by atoms with Gasteiger partial charge in [-0.3, -0.25) is 0 Å². The molecule has 22 heavy (non-hydrogen) atoms. The van der Waals surface area contributed by atoms with Crippen LogP contribution in [0.5, 0.6) is 0 Å². The highest BCUT2D eigenvalue weighted by molar-refractivity contribution is 5.85. The maximum Gasteiger partial charge on any atom is 0.318 e. The average molecular weight is 323 g/mol. The zero-order valence-electron chi connectivity index (χ0n) is 12.9. The van der Waals surface area contributed by atoms with Gasteiger partial charge in [-0.05, 0) is 37.8 Å². The molecular formula is C16H23ClN4O. The topological polar surface area (TPSA) is 54.2 Å². The van der Waals surface area contributed by atoms with E-state index in [1.165, 1.54) is 24.8 Å². The largest absolute Gasteiger partial charge is 0.407 e. The fourth-order valence-electron chi connectivity index (χ4n) is 2.87. The molecular weight excluding hydrogens is 300 g/mol. The number of piperidine rings is 1. The third-order valence-electron chi connectivity index (χ3n) is 4.04. The maximum absolute atomic E-state index is 5.66. The lowest BCUT2D eigenvalue weighted by atomic mass is 9.90. The Morgan fingerprint density at radius 2 is 1.91 bits per heavy atom. The number of halogens is 1. The molecule has 0 aliphatic carbocycles. The van der Waals surface area contributed by atoms with Crippen molar-refractivity contribution in [2.24, 2.45) is 5.92 Å². The molecule has 2 aromatic rings. The second-order valence-corrected chi connectivity index (χ2v) is 5.63. The SMILES string of the molecule is CNCc1nnc(N2CCC(Cc3ccccc3)CC2)o1.Cl. The van der Waals surface area contributed by atoms with Gasteiger partial charge in [0, 0.05) is 13.1 Å². The molecule has 1 saturated heterocycles. The summed E-state index contributed by atoms with van der Waals surface area (Å²) < 4.78 is 5.66. The number of aromatic nitrogens is 2. The maximum atomic E-state index is 5.66. The smallest absolute Gasteiger partial charge is 0.318 e. The molecule has 0 amide bonds. The molecule has 2 heterocycles. The van der Waals surface area contributed by atoms with Crippen molar-refractivity contribution in [1.29, 1.82) is 0 Å². The van der Waals surface area contributed by atoms with Crippen molar-refractivity contribution < 1.29 is 4.42 Å². The van der Waals surface area contributed by atoms with E-state index < -0.39 is 0 Å². The molecule has 3 rings (SSSR count). The Bertz CT molecular complexity index is 552. The Hall–Kier alpha value is -1.59. The molecule has 0 atom stereocenters. The van der Waals surface area contributed by atoms with Gasteiger partial charge in [0.2, 0.25) is 5.89 Å². The van der Waals surface area contributed by atoms with Gasteiger partial charge in [0.05, 0.1) is 6.54 Å². The second-order valence-electron chi connectivity index (χ2n) is 5.63. The minimum Gasteiger partial charge on any atom is -0.407 e. The summed E-state index contributed by atoms with van der Waals surface area (Å²) in [5, 5.41) is 11.2. The van der Waals surface area contributed by atoms with Crippen LogP contribution in [0.1, 0.15) is 24.3 Å². The Balaban J connectivity index is 0.00000176. The summed E-state index contributed by atoms with van der Waals surface area (Å²) in [6.45, 7) is 2.62. The number of nitrogens with zero attached hydrogens (tertiary/aromatic N) is 3. The molecule has 1 fully saturated rings. The van der Waals surface area contributed by atoms with Gasteiger partial charge in [0.1, 0.15) is 0 Å². The van der Waals surface area contributed by atoms with E-state index in [4.69, 9.17) is 4.42 Å². The molecule has 6 heteroatoms. The summed E-state index contributed by atoms with van der Waals surface area (Å²) in [4.78, 5) is 2.20. The van der Waals surface area contributed by atoms with Crippen molar-refractivity contribution in [3.05, 3.63) is 41.8 Å². The average Bonchev–Trinajstić information content (AvgIpc) is 2.98. The van der Waals surface area contributed by atoms with Crippen molar-refractivity contribution in [2.45, 2.75) is 25.8 Å². The third-order valence-corrected chi connectivity index (χ3v) is 4.04. The molecule has 1 aromatic heterocycles. The van der Waals surface area contributed by atoms with Crippen LogP contribution in [0, 0.1) is 5.92 Å². The molecule has 0 unspecified atom stereocenters. The Labute approximate surface area is 137 Å². The van der Waals surface area contributed by atoms with E-state index in [1.54, 1.807) is 0 Å². The van der Waals surface area contributed by atoms with Crippen LogP contribution in [-0.4, -0.2) is 30.3 Å². The Morgan fingerprint density at radius 1 is 1.18 bits per heavy atom. The monoisotopic (exact) mass is 322 g/mol. The fraction of sp³-hybridized carbons (Fsp3) is 0.500. The van der Waals surface area contributed by atoms with Crippen molar-refractivity contribution in [2.75, 3.05) is 25.0 Å².